The highest BCUT2D eigenvalue weighted by Crippen LogP contribution is 2.18. The van der Waals surface area contributed by atoms with Crippen LogP contribution in [0.25, 0.3) is 6.08 Å². The number of rotatable bonds is 8. The van der Waals surface area contributed by atoms with Crippen LogP contribution in [0.4, 0.5) is 0 Å². The molecule has 0 aliphatic carbocycles. The summed E-state index contributed by atoms with van der Waals surface area (Å²) in [5.41, 5.74) is 1.70. The Morgan fingerprint density at radius 1 is 1.07 bits per heavy atom. The van der Waals surface area contributed by atoms with Gasteiger partial charge in [0.1, 0.15) is 0 Å². The van der Waals surface area contributed by atoms with Crippen LogP contribution >= 0.6 is 11.6 Å². The van der Waals surface area contributed by atoms with Crippen molar-refractivity contribution >= 4 is 33.6 Å². The Bertz CT molecular complexity index is 919. The van der Waals surface area contributed by atoms with Crippen LogP contribution in [-0.2, 0) is 14.8 Å². The molecule has 1 atom stereocenters. The zero-order valence-electron chi connectivity index (χ0n) is 16.2. The summed E-state index contributed by atoms with van der Waals surface area (Å²) < 4.78 is 26.4. The van der Waals surface area contributed by atoms with Crippen molar-refractivity contribution in [2.45, 2.75) is 31.7 Å². The van der Waals surface area contributed by atoms with Gasteiger partial charge in [0.05, 0.1) is 10.9 Å². The Balaban J connectivity index is 2.02. The van der Waals surface area contributed by atoms with Gasteiger partial charge in [0, 0.05) is 24.2 Å². The molecule has 0 radical (unpaired) electrons. The Morgan fingerprint density at radius 3 is 2.18 bits per heavy atom. The smallest absolute Gasteiger partial charge is 0.244 e. The first-order chi connectivity index (χ1) is 13.3. The van der Waals surface area contributed by atoms with Crippen LogP contribution in [0.1, 0.15) is 37.9 Å². The van der Waals surface area contributed by atoms with Gasteiger partial charge in [-0.25, -0.2) is 8.42 Å². The molecular formula is C21H25ClN2O3S. The third-order valence-electron chi connectivity index (χ3n) is 4.38. The standard InChI is InChI=1S/C21H25ClN2O3S/c1-4-24(5-2)28(26,27)20-13-6-17(7-14-20)8-15-21(25)23-16(3)18-9-11-19(22)12-10-18/h6-16H,4-5H2,1-3H3,(H,23,25)/b15-8+/t16-/m1/s1. The average molecular weight is 421 g/mol. The molecule has 0 saturated heterocycles. The van der Waals surface area contributed by atoms with Gasteiger partial charge >= 0.3 is 0 Å². The number of hydrogen-bond acceptors (Lipinski definition) is 3. The third-order valence-corrected chi connectivity index (χ3v) is 6.70. The summed E-state index contributed by atoms with van der Waals surface area (Å²) >= 11 is 5.87. The molecule has 0 unspecified atom stereocenters. The highest BCUT2D eigenvalue weighted by molar-refractivity contribution is 7.89. The van der Waals surface area contributed by atoms with Gasteiger partial charge in [-0.3, -0.25) is 4.79 Å². The first-order valence-electron chi connectivity index (χ1n) is 9.12. The van der Waals surface area contributed by atoms with E-state index in [-0.39, 0.29) is 16.8 Å². The number of amides is 1. The molecule has 0 fully saturated rings. The zero-order chi connectivity index (χ0) is 20.7. The maximum atomic E-state index is 12.5. The lowest BCUT2D eigenvalue weighted by Crippen LogP contribution is -2.30. The summed E-state index contributed by atoms with van der Waals surface area (Å²) in [6.07, 6.45) is 3.08. The van der Waals surface area contributed by atoms with Gasteiger partial charge in [0.15, 0.2) is 0 Å². The van der Waals surface area contributed by atoms with Crippen molar-refractivity contribution in [2.75, 3.05) is 13.1 Å². The van der Waals surface area contributed by atoms with Gasteiger partial charge in [-0.15, -0.1) is 0 Å². The van der Waals surface area contributed by atoms with Gasteiger partial charge in [-0.2, -0.15) is 4.31 Å². The largest absolute Gasteiger partial charge is 0.346 e. The minimum Gasteiger partial charge on any atom is -0.346 e. The van der Waals surface area contributed by atoms with Crippen molar-refractivity contribution < 1.29 is 13.2 Å². The van der Waals surface area contributed by atoms with Crippen LogP contribution < -0.4 is 5.32 Å². The van der Waals surface area contributed by atoms with Crippen LogP contribution in [0, 0.1) is 0 Å². The molecule has 0 saturated carbocycles. The molecule has 1 N–H and O–H groups in total. The summed E-state index contributed by atoms with van der Waals surface area (Å²) in [5.74, 6) is -0.234. The topological polar surface area (TPSA) is 66.5 Å². The molecule has 0 aliphatic heterocycles. The lowest BCUT2D eigenvalue weighted by molar-refractivity contribution is -0.117. The molecule has 5 nitrogen and oxygen atoms in total. The minimum absolute atomic E-state index is 0.156. The number of carbonyl (C=O) groups is 1. The van der Waals surface area contributed by atoms with Gasteiger partial charge < -0.3 is 5.32 Å². The van der Waals surface area contributed by atoms with E-state index in [1.807, 2.05) is 32.9 Å². The van der Waals surface area contributed by atoms with E-state index in [9.17, 15) is 13.2 Å². The quantitative estimate of drug-likeness (QED) is 0.649. The Hall–Kier alpha value is -2.15. The van der Waals surface area contributed by atoms with E-state index in [2.05, 4.69) is 5.32 Å². The Labute approximate surface area is 172 Å². The van der Waals surface area contributed by atoms with Gasteiger partial charge in [-0.1, -0.05) is 49.7 Å². The van der Waals surface area contributed by atoms with E-state index in [1.165, 1.54) is 10.4 Å². The second-order valence-electron chi connectivity index (χ2n) is 6.27. The number of hydrogen-bond donors (Lipinski definition) is 1. The summed E-state index contributed by atoms with van der Waals surface area (Å²) in [5, 5.41) is 3.53. The summed E-state index contributed by atoms with van der Waals surface area (Å²) in [4.78, 5) is 12.4. The van der Waals surface area contributed by atoms with E-state index in [4.69, 9.17) is 11.6 Å². The van der Waals surface area contributed by atoms with Gasteiger partial charge in [0.2, 0.25) is 15.9 Å². The van der Waals surface area contributed by atoms with Crippen molar-refractivity contribution in [1.29, 1.82) is 0 Å². The van der Waals surface area contributed by atoms with Crippen LogP contribution in [0.5, 0.6) is 0 Å². The highest BCUT2D eigenvalue weighted by atomic mass is 35.5. The summed E-state index contributed by atoms with van der Waals surface area (Å²) in [6.45, 7) is 6.35. The van der Waals surface area contributed by atoms with Crippen LogP contribution in [-0.4, -0.2) is 31.7 Å². The van der Waals surface area contributed by atoms with E-state index in [0.29, 0.717) is 18.1 Å². The number of nitrogens with zero attached hydrogens (tertiary/aromatic N) is 1. The summed E-state index contributed by atoms with van der Waals surface area (Å²) in [6, 6.07) is 13.6. The van der Waals surface area contributed by atoms with E-state index >= 15 is 0 Å². The van der Waals surface area contributed by atoms with Crippen molar-refractivity contribution in [3.63, 3.8) is 0 Å². The number of nitrogens with one attached hydrogen (secondary N) is 1. The average Bonchev–Trinajstić information content (AvgIpc) is 2.68. The fraction of sp³-hybridized carbons (Fsp3) is 0.286. The molecule has 2 aromatic carbocycles. The number of halogens is 1. The second-order valence-corrected chi connectivity index (χ2v) is 8.65. The number of sulfonamides is 1. The van der Waals surface area contributed by atoms with Crippen molar-refractivity contribution in [3.05, 3.63) is 70.8 Å². The molecule has 2 rings (SSSR count). The second kappa shape index (κ2) is 9.87. The van der Waals surface area contributed by atoms with Gasteiger partial charge in [0.25, 0.3) is 0 Å². The maximum Gasteiger partial charge on any atom is 0.244 e. The SMILES string of the molecule is CCN(CC)S(=O)(=O)c1ccc(/C=C/C(=O)N[C@H](C)c2ccc(Cl)cc2)cc1. The predicted molar refractivity (Wildman–Crippen MR) is 114 cm³/mol. The molecule has 2 aromatic rings. The van der Waals surface area contributed by atoms with Crippen molar-refractivity contribution in [1.82, 2.24) is 9.62 Å². The Morgan fingerprint density at radius 2 is 1.64 bits per heavy atom. The Kier molecular flexibility index (Phi) is 7.80. The molecule has 1 amide bonds. The minimum atomic E-state index is -3.48. The number of benzene rings is 2. The lowest BCUT2D eigenvalue weighted by Gasteiger charge is -2.18. The molecule has 0 aromatic heterocycles. The van der Waals surface area contributed by atoms with Crippen LogP contribution in [0.15, 0.2) is 59.5 Å². The molecule has 0 aliphatic rings. The molecule has 0 spiro atoms. The first-order valence-corrected chi connectivity index (χ1v) is 10.9. The molecule has 7 heteroatoms. The third kappa shape index (κ3) is 5.67. The highest BCUT2D eigenvalue weighted by Gasteiger charge is 2.20. The maximum absolute atomic E-state index is 12.5. The lowest BCUT2D eigenvalue weighted by atomic mass is 10.1. The molecular weight excluding hydrogens is 396 g/mol. The van der Waals surface area contributed by atoms with Gasteiger partial charge in [-0.05, 0) is 48.4 Å². The fourth-order valence-corrected chi connectivity index (χ4v) is 4.32. The zero-order valence-corrected chi connectivity index (χ0v) is 17.8. The van der Waals surface area contributed by atoms with Crippen molar-refractivity contribution in [2.24, 2.45) is 0 Å². The van der Waals surface area contributed by atoms with Crippen LogP contribution in [0.2, 0.25) is 5.02 Å². The first kappa shape index (κ1) is 22.1. The molecule has 28 heavy (non-hydrogen) atoms. The molecule has 0 bridgehead atoms. The normalized spacial score (nSPS) is 13.0. The van der Waals surface area contributed by atoms with E-state index in [1.54, 1.807) is 42.5 Å². The number of carbonyl (C=O) groups excluding carboxylic acids is 1. The monoisotopic (exact) mass is 420 g/mol. The predicted octanol–water partition coefficient (Wildman–Crippen LogP) is 4.26. The molecule has 0 heterocycles. The van der Waals surface area contributed by atoms with Crippen molar-refractivity contribution in [3.8, 4) is 0 Å². The van der Waals surface area contributed by atoms with E-state index in [0.717, 1.165) is 11.1 Å². The summed E-state index contributed by atoms with van der Waals surface area (Å²) in [7, 11) is -3.48. The van der Waals surface area contributed by atoms with E-state index < -0.39 is 10.0 Å². The fourth-order valence-electron chi connectivity index (χ4n) is 2.73. The molecule has 150 valence electrons. The van der Waals surface area contributed by atoms with Crippen LogP contribution in [0.3, 0.4) is 0 Å².